The molecule has 0 radical (unpaired) electrons. The summed E-state index contributed by atoms with van der Waals surface area (Å²) >= 11 is 2.24. The van der Waals surface area contributed by atoms with Crippen molar-refractivity contribution in [3.8, 4) is 0 Å². The molecule has 10 heavy (non-hydrogen) atoms. The quantitative estimate of drug-likeness (QED) is 0.555. The van der Waals surface area contributed by atoms with Gasteiger partial charge in [0.25, 0.3) is 0 Å². The highest BCUT2D eigenvalue weighted by Crippen LogP contribution is 2.35. The highest BCUT2D eigenvalue weighted by Gasteiger charge is 2.39. The maximum absolute atomic E-state index is 5.38. The lowest BCUT2D eigenvalue weighted by atomic mass is 10.1. The summed E-state index contributed by atoms with van der Waals surface area (Å²) in [5.74, 6) is 0.741. The molecule has 0 unspecified atom stereocenters. The van der Waals surface area contributed by atoms with Gasteiger partial charge in [-0.15, -0.1) is 0 Å². The molecule has 0 amide bonds. The highest BCUT2D eigenvalue weighted by molar-refractivity contribution is 14.1. The molecule has 1 fully saturated rings. The third-order valence-electron chi connectivity index (χ3n) is 1.59. The van der Waals surface area contributed by atoms with Crippen LogP contribution >= 0.6 is 22.6 Å². The van der Waals surface area contributed by atoms with E-state index in [0.29, 0.717) is 12.2 Å². The second-order valence-corrected chi connectivity index (χ2v) is 4.56. The third-order valence-corrected chi connectivity index (χ3v) is 2.21. The van der Waals surface area contributed by atoms with E-state index in [1.165, 1.54) is 6.42 Å². The van der Waals surface area contributed by atoms with Gasteiger partial charge in [0.05, 0.1) is 6.10 Å². The van der Waals surface area contributed by atoms with Crippen molar-refractivity contribution >= 4 is 22.6 Å². The maximum Gasteiger partial charge on any atom is 0.114 e. The smallest absolute Gasteiger partial charge is 0.114 e. The van der Waals surface area contributed by atoms with Gasteiger partial charge in [0, 0.05) is 3.58 Å². The predicted octanol–water partition coefficient (Wildman–Crippen LogP) is 2.75. The summed E-state index contributed by atoms with van der Waals surface area (Å²) in [7, 11) is 0. The summed E-state index contributed by atoms with van der Waals surface area (Å²) in [6, 6.07) is 0. The predicted molar refractivity (Wildman–Crippen MR) is 51.3 cm³/mol. The fourth-order valence-corrected chi connectivity index (χ4v) is 1.61. The van der Waals surface area contributed by atoms with E-state index >= 15 is 0 Å². The van der Waals surface area contributed by atoms with Gasteiger partial charge in [-0.1, -0.05) is 20.4 Å². The Morgan fingerprint density at radius 2 is 2.30 bits per heavy atom. The molecule has 0 aromatic heterocycles. The van der Waals surface area contributed by atoms with Crippen LogP contribution in [-0.4, -0.2) is 12.2 Å². The average Bonchev–Trinajstić information content (AvgIpc) is 2.43. The van der Waals surface area contributed by atoms with Crippen molar-refractivity contribution in [1.29, 1.82) is 0 Å². The first-order valence-electron chi connectivity index (χ1n) is 3.61. The molecule has 0 aromatic carbocycles. The second-order valence-electron chi connectivity index (χ2n) is 3.17. The van der Waals surface area contributed by atoms with Crippen molar-refractivity contribution in [2.75, 3.05) is 0 Å². The van der Waals surface area contributed by atoms with Crippen LogP contribution in [0, 0.1) is 5.92 Å². The lowest BCUT2D eigenvalue weighted by molar-refractivity contribution is 0.358. The average molecular weight is 252 g/mol. The van der Waals surface area contributed by atoms with Gasteiger partial charge in [-0.05, 0) is 34.9 Å². The SMILES string of the molecule is C=C(I)[C@H]1O[C@@H]1CC(C)C. The van der Waals surface area contributed by atoms with Gasteiger partial charge in [-0.2, -0.15) is 0 Å². The second kappa shape index (κ2) is 3.22. The Morgan fingerprint density at radius 1 is 1.70 bits per heavy atom. The molecule has 0 N–H and O–H groups in total. The molecule has 2 heteroatoms. The number of halogens is 1. The minimum absolute atomic E-state index is 0.364. The van der Waals surface area contributed by atoms with E-state index in [9.17, 15) is 0 Å². The van der Waals surface area contributed by atoms with E-state index in [1.54, 1.807) is 0 Å². The minimum atomic E-state index is 0.364. The molecule has 2 atom stereocenters. The number of ether oxygens (including phenoxy) is 1. The molecular formula is C8H13IO. The minimum Gasteiger partial charge on any atom is -0.364 e. The van der Waals surface area contributed by atoms with Crippen LogP contribution in [0.25, 0.3) is 0 Å². The standard InChI is InChI=1S/C8H13IO/c1-5(2)4-7-8(10-7)6(3)9/h5,7-8H,3-4H2,1-2H3/t7-,8-/m1/s1. The van der Waals surface area contributed by atoms with Crippen LogP contribution in [0.3, 0.4) is 0 Å². The van der Waals surface area contributed by atoms with Gasteiger partial charge in [0.15, 0.2) is 0 Å². The Kier molecular flexibility index (Phi) is 2.74. The molecule has 0 saturated carbocycles. The highest BCUT2D eigenvalue weighted by atomic mass is 127. The van der Waals surface area contributed by atoms with E-state index < -0.39 is 0 Å². The van der Waals surface area contributed by atoms with Crippen molar-refractivity contribution in [1.82, 2.24) is 0 Å². The largest absolute Gasteiger partial charge is 0.364 e. The molecule has 1 rings (SSSR count). The van der Waals surface area contributed by atoms with E-state index in [2.05, 4.69) is 43.0 Å². The molecular weight excluding hydrogens is 239 g/mol. The fraction of sp³-hybridized carbons (Fsp3) is 0.750. The van der Waals surface area contributed by atoms with Gasteiger partial charge in [-0.3, -0.25) is 0 Å². The number of hydrogen-bond donors (Lipinski definition) is 0. The van der Waals surface area contributed by atoms with Crippen LogP contribution in [0.1, 0.15) is 20.3 Å². The normalized spacial score (nSPS) is 30.8. The fourth-order valence-electron chi connectivity index (χ4n) is 1.06. The first kappa shape index (κ1) is 8.53. The Balaban J connectivity index is 2.20. The molecule has 1 aliphatic rings. The van der Waals surface area contributed by atoms with Gasteiger partial charge in [0.1, 0.15) is 6.10 Å². The van der Waals surface area contributed by atoms with Crippen LogP contribution in [0.5, 0.6) is 0 Å². The van der Waals surface area contributed by atoms with Crippen LogP contribution < -0.4 is 0 Å². The topological polar surface area (TPSA) is 12.5 Å². The molecule has 0 spiro atoms. The van der Waals surface area contributed by atoms with Crippen LogP contribution in [0.2, 0.25) is 0 Å². The summed E-state index contributed by atoms with van der Waals surface area (Å²) in [4.78, 5) is 0. The van der Waals surface area contributed by atoms with Gasteiger partial charge in [0.2, 0.25) is 0 Å². The van der Waals surface area contributed by atoms with Crippen molar-refractivity contribution in [3.63, 3.8) is 0 Å². The Labute approximate surface area is 76.0 Å². The Hall–Kier alpha value is 0.430. The summed E-state index contributed by atoms with van der Waals surface area (Å²) in [5, 5.41) is 0. The molecule has 1 saturated heterocycles. The molecule has 0 aliphatic carbocycles. The summed E-state index contributed by atoms with van der Waals surface area (Å²) < 4.78 is 6.52. The van der Waals surface area contributed by atoms with E-state index in [1.807, 2.05) is 0 Å². The maximum atomic E-state index is 5.38. The molecule has 58 valence electrons. The molecule has 1 aliphatic heterocycles. The summed E-state index contributed by atoms with van der Waals surface area (Å²) in [6.07, 6.45) is 2.01. The van der Waals surface area contributed by atoms with E-state index in [0.717, 1.165) is 9.50 Å². The van der Waals surface area contributed by atoms with Gasteiger partial charge in [-0.25, -0.2) is 0 Å². The van der Waals surface area contributed by atoms with Crippen molar-refractivity contribution in [2.24, 2.45) is 5.92 Å². The zero-order valence-corrected chi connectivity index (χ0v) is 8.59. The monoisotopic (exact) mass is 252 g/mol. The van der Waals surface area contributed by atoms with E-state index in [4.69, 9.17) is 4.74 Å². The van der Waals surface area contributed by atoms with Crippen LogP contribution in [-0.2, 0) is 4.74 Å². The first-order valence-corrected chi connectivity index (χ1v) is 4.69. The Morgan fingerprint density at radius 3 is 2.60 bits per heavy atom. The Bertz CT molecular complexity index is 142. The van der Waals surface area contributed by atoms with Crippen molar-refractivity contribution in [2.45, 2.75) is 32.5 Å². The van der Waals surface area contributed by atoms with Gasteiger partial charge >= 0.3 is 0 Å². The van der Waals surface area contributed by atoms with Crippen molar-refractivity contribution < 1.29 is 4.74 Å². The van der Waals surface area contributed by atoms with Crippen LogP contribution in [0.15, 0.2) is 10.2 Å². The molecule has 0 bridgehead atoms. The number of epoxide rings is 1. The number of rotatable bonds is 3. The zero-order valence-electron chi connectivity index (χ0n) is 6.43. The first-order chi connectivity index (χ1) is 4.61. The summed E-state index contributed by atoms with van der Waals surface area (Å²) in [6.45, 7) is 8.27. The molecule has 1 heterocycles. The number of hydrogen-bond acceptors (Lipinski definition) is 1. The van der Waals surface area contributed by atoms with Crippen LogP contribution in [0.4, 0.5) is 0 Å². The zero-order chi connectivity index (χ0) is 7.72. The molecule has 0 aromatic rings. The lowest BCUT2D eigenvalue weighted by Crippen LogP contribution is -1.97. The van der Waals surface area contributed by atoms with Crippen molar-refractivity contribution in [3.05, 3.63) is 10.2 Å². The lowest BCUT2D eigenvalue weighted by Gasteiger charge is -1.97. The summed E-state index contributed by atoms with van der Waals surface area (Å²) in [5.41, 5.74) is 0. The van der Waals surface area contributed by atoms with E-state index in [-0.39, 0.29) is 0 Å². The third kappa shape index (κ3) is 2.23. The van der Waals surface area contributed by atoms with Gasteiger partial charge < -0.3 is 4.74 Å². The molecule has 1 nitrogen and oxygen atoms in total.